The molecule has 2 aromatic rings. The van der Waals surface area contributed by atoms with Crippen LogP contribution in [0, 0.1) is 6.92 Å². The van der Waals surface area contributed by atoms with Crippen LogP contribution in [-0.2, 0) is 14.1 Å². The summed E-state index contributed by atoms with van der Waals surface area (Å²) in [6, 6.07) is 0. The monoisotopic (exact) mass is 235 g/mol. The molecule has 0 aliphatic carbocycles. The van der Waals surface area contributed by atoms with Crippen molar-refractivity contribution in [3.05, 3.63) is 32.6 Å². The van der Waals surface area contributed by atoms with Gasteiger partial charge in [-0.3, -0.25) is 13.9 Å². The molecular formula is C11H13N3O3. The molecule has 0 spiro atoms. The fraction of sp³-hybridized carbons (Fsp3) is 0.364. The van der Waals surface area contributed by atoms with Crippen LogP contribution in [0.2, 0.25) is 0 Å². The van der Waals surface area contributed by atoms with Crippen molar-refractivity contribution >= 4 is 11.0 Å². The molecule has 2 rings (SSSR count). The first-order valence-electron chi connectivity index (χ1n) is 5.08. The Morgan fingerprint density at radius 3 is 2.47 bits per heavy atom. The highest BCUT2D eigenvalue weighted by molar-refractivity contribution is 5.82. The molecule has 6 nitrogen and oxygen atoms in total. The third kappa shape index (κ3) is 1.44. The zero-order valence-electron chi connectivity index (χ0n) is 10.1. The van der Waals surface area contributed by atoms with E-state index in [1.54, 1.807) is 20.2 Å². The molecule has 0 unspecified atom stereocenters. The van der Waals surface area contributed by atoms with Crippen LogP contribution in [0.15, 0.2) is 15.8 Å². The van der Waals surface area contributed by atoms with Gasteiger partial charge in [0.05, 0.1) is 7.11 Å². The van der Waals surface area contributed by atoms with Crippen LogP contribution in [0.3, 0.4) is 0 Å². The highest BCUT2D eigenvalue weighted by Crippen LogP contribution is 2.23. The highest BCUT2D eigenvalue weighted by Gasteiger charge is 2.15. The molecular weight excluding hydrogens is 222 g/mol. The SMILES string of the molecule is COc1c(C)cnc2c1c(=O)n(C)c(=O)n2C. The highest BCUT2D eigenvalue weighted by atomic mass is 16.5. The lowest BCUT2D eigenvalue weighted by Gasteiger charge is -2.11. The van der Waals surface area contributed by atoms with E-state index in [0.29, 0.717) is 16.8 Å². The molecule has 0 aliphatic rings. The van der Waals surface area contributed by atoms with E-state index < -0.39 is 11.2 Å². The van der Waals surface area contributed by atoms with Crippen LogP contribution < -0.4 is 16.0 Å². The second-order valence-corrected chi connectivity index (χ2v) is 3.88. The summed E-state index contributed by atoms with van der Waals surface area (Å²) in [4.78, 5) is 27.9. The van der Waals surface area contributed by atoms with Crippen LogP contribution in [-0.4, -0.2) is 21.2 Å². The summed E-state index contributed by atoms with van der Waals surface area (Å²) >= 11 is 0. The topological polar surface area (TPSA) is 66.1 Å². The molecule has 2 heterocycles. The van der Waals surface area contributed by atoms with Crippen molar-refractivity contribution in [1.29, 1.82) is 0 Å². The summed E-state index contributed by atoms with van der Waals surface area (Å²) in [6.07, 6.45) is 1.58. The first kappa shape index (κ1) is 11.4. The summed E-state index contributed by atoms with van der Waals surface area (Å²) in [5.74, 6) is 0.464. The van der Waals surface area contributed by atoms with Crippen LogP contribution in [0.4, 0.5) is 0 Å². The molecule has 2 aromatic heterocycles. The third-order valence-electron chi connectivity index (χ3n) is 2.80. The number of hydrogen-bond donors (Lipinski definition) is 0. The molecule has 0 fully saturated rings. The number of rotatable bonds is 1. The Hall–Kier alpha value is -2.11. The van der Waals surface area contributed by atoms with Crippen LogP contribution in [0.25, 0.3) is 11.0 Å². The number of aromatic nitrogens is 3. The van der Waals surface area contributed by atoms with E-state index in [1.165, 1.54) is 18.7 Å². The molecule has 6 heteroatoms. The van der Waals surface area contributed by atoms with Gasteiger partial charge >= 0.3 is 5.69 Å². The normalized spacial score (nSPS) is 10.8. The number of nitrogens with zero attached hydrogens (tertiary/aromatic N) is 3. The summed E-state index contributed by atoms with van der Waals surface area (Å²) in [5, 5.41) is 0.331. The van der Waals surface area contributed by atoms with Gasteiger partial charge < -0.3 is 4.74 Å². The van der Waals surface area contributed by atoms with E-state index in [1.807, 2.05) is 0 Å². The Morgan fingerprint density at radius 1 is 1.24 bits per heavy atom. The Kier molecular flexibility index (Phi) is 2.49. The maximum atomic E-state index is 12.1. The maximum Gasteiger partial charge on any atom is 0.332 e. The Balaban J connectivity index is 3.18. The quantitative estimate of drug-likeness (QED) is 0.695. The maximum absolute atomic E-state index is 12.1. The molecule has 0 radical (unpaired) electrons. The molecule has 0 saturated carbocycles. The number of fused-ring (bicyclic) bond motifs is 1. The van der Waals surface area contributed by atoms with Crippen LogP contribution in [0.1, 0.15) is 5.56 Å². The summed E-state index contributed by atoms with van der Waals surface area (Å²) < 4.78 is 7.60. The summed E-state index contributed by atoms with van der Waals surface area (Å²) in [7, 11) is 4.50. The fourth-order valence-corrected chi connectivity index (χ4v) is 1.86. The lowest BCUT2D eigenvalue weighted by molar-refractivity contribution is 0.415. The molecule has 17 heavy (non-hydrogen) atoms. The minimum absolute atomic E-state index is 0.331. The number of pyridine rings is 1. The number of aryl methyl sites for hydroxylation is 2. The first-order valence-corrected chi connectivity index (χ1v) is 5.08. The van der Waals surface area contributed by atoms with Gasteiger partial charge in [-0.1, -0.05) is 0 Å². The smallest absolute Gasteiger partial charge is 0.332 e. The van der Waals surface area contributed by atoms with E-state index in [-0.39, 0.29) is 0 Å². The Bertz CT molecular complexity index is 712. The molecule has 0 aromatic carbocycles. The number of hydrogen-bond acceptors (Lipinski definition) is 4. The fourth-order valence-electron chi connectivity index (χ4n) is 1.86. The standard InChI is InChI=1S/C11H13N3O3/c1-6-5-12-9-7(8(6)17-4)10(15)14(3)11(16)13(9)2/h5H,1-4H3. The van der Waals surface area contributed by atoms with Gasteiger partial charge in [0.25, 0.3) is 5.56 Å². The van der Waals surface area contributed by atoms with Gasteiger partial charge in [0.1, 0.15) is 11.1 Å². The van der Waals surface area contributed by atoms with E-state index >= 15 is 0 Å². The third-order valence-corrected chi connectivity index (χ3v) is 2.80. The van der Waals surface area contributed by atoms with Gasteiger partial charge in [0.2, 0.25) is 0 Å². The molecule has 0 aliphatic heterocycles. The molecule has 90 valence electrons. The van der Waals surface area contributed by atoms with Gasteiger partial charge in [0.15, 0.2) is 5.65 Å². The zero-order chi connectivity index (χ0) is 12.7. The van der Waals surface area contributed by atoms with Crippen molar-refractivity contribution in [2.75, 3.05) is 7.11 Å². The van der Waals surface area contributed by atoms with E-state index in [0.717, 1.165) is 10.1 Å². The van der Waals surface area contributed by atoms with Gasteiger partial charge in [-0.2, -0.15) is 0 Å². The Morgan fingerprint density at radius 2 is 1.88 bits per heavy atom. The zero-order valence-corrected chi connectivity index (χ0v) is 10.1. The van der Waals surface area contributed by atoms with Gasteiger partial charge in [0, 0.05) is 25.9 Å². The largest absolute Gasteiger partial charge is 0.495 e. The summed E-state index contributed by atoms with van der Waals surface area (Å²) in [6.45, 7) is 1.80. The second kappa shape index (κ2) is 3.73. The lowest BCUT2D eigenvalue weighted by Crippen LogP contribution is -2.37. The van der Waals surface area contributed by atoms with E-state index in [4.69, 9.17) is 4.74 Å². The van der Waals surface area contributed by atoms with Crippen molar-refractivity contribution in [3.63, 3.8) is 0 Å². The average Bonchev–Trinajstić information content (AvgIpc) is 2.33. The predicted molar refractivity (Wildman–Crippen MR) is 63.5 cm³/mol. The molecule has 0 bridgehead atoms. The van der Waals surface area contributed by atoms with Gasteiger partial charge in [-0.25, -0.2) is 9.78 Å². The molecule has 0 N–H and O–H groups in total. The first-order chi connectivity index (χ1) is 7.99. The van der Waals surface area contributed by atoms with Crippen molar-refractivity contribution in [3.8, 4) is 5.75 Å². The van der Waals surface area contributed by atoms with Crippen molar-refractivity contribution in [2.45, 2.75) is 6.92 Å². The Labute approximate surface area is 97.1 Å². The average molecular weight is 235 g/mol. The number of methoxy groups -OCH3 is 1. The molecule has 0 atom stereocenters. The predicted octanol–water partition coefficient (Wildman–Crippen LogP) is -0.0508. The lowest BCUT2D eigenvalue weighted by atomic mass is 10.2. The van der Waals surface area contributed by atoms with Crippen molar-refractivity contribution < 1.29 is 4.74 Å². The van der Waals surface area contributed by atoms with Crippen LogP contribution >= 0.6 is 0 Å². The number of ether oxygens (including phenoxy) is 1. The minimum Gasteiger partial charge on any atom is -0.495 e. The van der Waals surface area contributed by atoms with Crippen LogP contribution in [0.5, 0.6) is 5.75 Å². The molecule has 0 amide bonds. The minimum atomic E-state index is -0.402. The second-order valence-electron chi connectivity index (χ2n) is 3.88. The van der Waals surface area contributed by atoms with Gasteiger partial charge in [-0.05, 0) is 6.92 Å². The van der Waals surface area contributed by atoms with Crippen molar-refractivity contribution in [2.24, 2.45) is 14.1 Å². The summed E-state index contributed by atoms with van der Waals surface area (Å²) in [5.41, 5.74) is 0.299. The van der Waals surface area contributed by atoms with E-state index in [2.05, 4.69) is 4.98 Å². The van der Waals surface area contributed by atoms with Crippen molar-refractivity contribution in [1.82, 2.24) is 14.1 Å². The van der Waals surface area contributed by atoms with Gasteiger partial charge in [-0.15, -0.1) is 0 Å². The molecule has 0 saturated heterocycles. The van der Waals surface area contributed by atoms with E-state index in [9.17, 15) is 9.59 Å².